The van der Waals surface area contributed by atoms with E-state index in [4.69, 9.17) is 9.47 Å². The lowest BCUT2D eigenvalue weighted by molar-refractivity contribution is -0.146. The van der Waals surface area contributed by atoms with Gasteiger partial charge in [0.25, 0.3) is 0 Å². The minimum atomic E-state index is -0.313. The van der Waals surface area contributed by atoms with E-state index in [9.17, 15) is 4.79 Å². The SMILES string of the molecule is CCNC(CCOc1cccc(N(C)C)c1)C(=O)OCC. The topological polar surface area (TPSA) is 50.8 Å². The Morgan fingerprint density at radius 3 is 2.71 bits per heavy atom. The maximum absolute atomic E-state index is 11.8. The smallest absolute Gasteiger partial charge is 0.323 e. The second-order valence-corrected chi connectivity index (χ2v) is 4.89. The van der Waals surface area contributed by atoms with Crippen LogP contribution in [0.25, 0.3) is 0 Å². The zero-order valence-corrected chi connectivity index (χ0v) is 13.4. The molecule has 5 heteroatoms. The summed E-state index contributed by atoms with van der Waals surface area (Å²) in [5, 5.41) is 3.12. The molecule has 0 aliphatic carbocycles. The van der Waals surface area contributed by atoms with Crippen molar-refractivity contribution in [3.05, 3.63) is 24.3 Å². The summed E-state index contributed by atoms with van der Waals surface area (Å²) in [4.78, 5) is 13.8. The predicted molar refractivity (Wildman–Crippen MR) is 85.0 cm³/mol. The molecule has 0 spiro atoms. The van der Waals surface area contributed by atoms with Gasteiger partial charge in [-0.15, -0.1) is 0 Å². The molecule has 1 atom stereocenters. The van der Waals surface area contributed by atoms with Gasteiger partial charge in [-0.05, 0) is 25.6 Å². The number of hydrogen-bond acceptors (Lipinski definition) is 5. The van der Waals surface area contributed by atoms with E-state index in [2.05, 4.69) is 5.32 Å². The van der Waals surface area contributed by atoms with Crippen molar-refractivity contribution >= 4 is 11.7 Å². The second kappa shape index (κ2) is 9.23. The molecule has 1 aromatic rings. The van der Waals surface area contributed by atoms with Crippen molar-refractivity contribution in [3.63, 3.8) is 0 Å². The maximum atomic E-state index is 11.8. The van der Waals surface area contributed by atoms with Crippen LogP contribution in [0.15, 0.2) is 24.3 Å². The minimum Gasteiger partial charge on any atom is -0.493 e. The lowest BCUT2D eigenvalue weighted by Crippen LogP contribution is -2.39. The summed E-state index contributed by atoms with van der Waals surface area (Å²) in [6.45, 7) is 5.36. The van der Waals surface area contributed by atoms with Crippen LogP contribution in [-0.2, 0) is 9.53 Å². The lowest BCUT2D eigenvalue weighted by atomic mass is 10.2. The molecule has 1 unspecified atom stereocenters. The van der Waals surface area contributed by atoms with Crippen molar-refractivity contribution in [2.24, 2.45) is 0 Å². The molecule has 118 valence electrons. The third-order valence-corrected chi connectivity index (χ3v) is 3.03. The molecule has 0 aliphatic heterocycles. The van der Waals surface area contributed by atoms with E-state index < -0.39 is 0 Å². The number of carbonyl (C=O) groups is 1. The quantitative estimate of drug-likeness (QED) is 0.707. The number of likely N-dealkylation sites (N-methyl/N-ethyl adjacent to an activating group) is 1. The maximum Gasteiger partial charge on any atom is 0.323 e. The van der Waals surface area contributed by atoms with Crippen LogP contribution in [0.3, 0.4) is 0 Å². The predicted octanol–water partition coefficient (Wildman–Crippen LogP) is 2.06. The largest absolute Gasteiger partial charge is 0.493 e. The summed E-state index contributed by atoms with van der Waals surface area (Å²) in [5.74, 6) is 0.588. The van der Waals surface area contributed by atoms with Crippen molar-refractivity contribution in [3.8, 4) is 5.75 Å². The first kappa shape index (κ1) is 17.3. The molecule has 1 N–H and O–H groups in total. The molecule has 0 heterocycles. The Morgan fingerprint density at radius 1 is 1.33 bits per heavy atom. The Morgan fingerprint density at radius 2 is 2.10 bits per heavy atom. The summed E-state index contributed by atoms with van der Waals surface area (Å²) < 4.78 is 10.8. The molecule has 0 aliphatic rings. The summed E-state index contributed by atoms with van der Waals surface area (Å²) in [6.07, 6.45) is 0.582. The van der Waals surface area contributed by atoms with Crippen molar-refractivity contribution in [1.29, 1.82) is 0 Å². The zero-order chi connectivity index (χ0) is 15.7. The minimum absolute atomic E-state index is 0.218. The van der Waals surface area contributed by atoms with E-state index in [1.165, 1.54) is 0 Å². The van der Waals surface area contributed by atoms with Crippen LogP contribution in [0.2, 0.25) is 0 Å². The van der Waals surface area contributed by atoms with Gasteiger partial charge in [-0.1, -0.05) is 13.0 Å². The van der Waals surface area contributed by atoms with Gasteiger partial charge in [0.2, 0.25) is 0 Å². The van der Waals surface area contributed by atoms with Crippen LogP contribution >= 0.6 is 0 Å². The Balaban J connectivity index is 2.49. The highest BCUT2D eigenvalue weighted by molar-refractivity contribution is 5.75. The monoisotopic (exact) mass is 294 g/mol. The molecule has 1 aromatic carbocycles. The van der Waals surface area contributed by atoms with E-state index in [0.717, 1.165) is 18.0 Å². The van der Waals surface area contributed by atoms with Gasteiger partial charge in [-0.25, -0.2) is 0 Å². The van der Waals surface area contributed by atoms with E-state index in [0.29, 0.717) is 19.6 Å². The highest BCUT2D eigenvalue weighted by atomic mass is 16.5. The molecule has 0 bridgehead atoms. The Labute approximate surface area is 127 Å². The number of esters is 1. The van der Waals surface area contributed by atoms with Gasteiger partial charge < -0.3 is 19.7 Å². The molecule has 0 saturated carbocycles. The fourth-order valence-corrected chi connectivity index (χ4v) is 1.94. The van der Waals surface area contributed by atoms with Crippen LogP contribution in [0.4, 0.5) is 5.69 Å². The molecular weight excluding hydrogens is 268 g/mol. The molecular formula is C16H26N2O3. The number of carbonyl (C=O) groups excluding carboxylic acids is 1. The summed E-state index contributed by atoms with van der Waals surface area (Å²) >= 11 is 0. The molecule has 0 saturated heterocycles. The average molecular weight is 294 g/mol. The number of anilines is 1. The normalized spacial score (nSPS) is 11.8. The van der Waals surface area contributed by atoms with Crippen LogP contribution < -0.4 is 15.0 Å². The second-order valence-electron chi connectivity index (χ2n) is 4.89. The summed E-state index contributed by atoms with van der Waals surface area (Å²) in [6, 6.07) is 7.56. The van der Waals surface area contributed by atoms with Crippen molar-refractivity contribution in [2.45, 2.75) is 26.3 Å². The van der Waals surface area contributed by atoms with E-state index in [1.54, 1.807) is 0 Å². The summed E-state index contributed by atoms with van der Waals surface area (Å²) in [5.41, 5.74) is 1.08. The number of rotatable bonds is 9. The zero-order valence-electron chi connectivity index (χ0n) is 13.4. The van der Waals surface area contributed by atoms with Gasteiger partial charge in [0, 0.05) is 32.3 Å². The van der Waals surface area contributed by atoms with E-state index in [1.807, 2.05) is 57.1 Å². The molecule has 1 rings (SSSR count). The van der Waals surface area contributed by atoms with Gasteiger partial charge in [0.1, 0.15) is 11.8 Å². The first-order valence-corrected chi connectivity index (χ1v) is 7.38. The fraction of sp³-hybridized carbons (Fsp3) is 0.562. The number of hydrogen-bond donors (Lipinski definition) is 1. The molecule has 0 amide bonds. The average Bonchev–Trinajstić information content (AvgIpc) is 2.47. The number of ether oxygens (including phenoxy) is 2. The Bertz CT molecular complexity index is 435. The highest BCUT2D eigenvalue weighted by Gasteiger charge is 2.18. The van der Waals surface area contributed by atoms with Crippen LogP contribution in [0, 0.1) is 0 Å². The number of nitrogens with one attached hydrogen (secondary N) is 1. The molecule has 5 nitrogen and oxygen atoms in total. The molecule has 0 radical (unpaired) electrons. The van der Waals surface area contributed by atoms with Gasteiger partial charge in [-0.3, -0.25) is 4.79 Å². The first-order valence-electron chi connectivity index (χ1n) is 7.38. The standard InChI is InChI=1S/C16H26N2O3/c1-5-17-15(16(19)20-6-2)10-11-21-14-9-7-8-13(12-14)18(3)4/h7-9,12,15,17H,5-6,10-11H2,1-4H3. The van der Waals surface area contributed by atoms with Crippen LogP contribution in [-0.4, -0.2) is 45.9 Å². The van der Waals surface area contributed by atoms with Crippen LogP contribution in [0.5, 0.6) is 5.75 Å². The van der Waals surface area contributed by atoms with Crippen molar-refractivity contribution in [1.82, 2.24) is 5.32 Å². The third-order valence-electron chi connectivity index (χ3n) is 3.03. The van der Waals surface area contributed by atoms with Gasteiger partial charge >= 0.3 is 5.97 Å². The Kier molecular flexibility index (Phi) is 7.61. The van der Waals surface area contributed by atoms with Gasteiger partial charge in [-0.2, -0.15) is 0 Å². The molecule has 0 fully saturated rings. The summed E-state index contributed by atoms with van der Waals surface area (Å²) in [7, 11) is 3.97. The fourth-order valence-electron chi connectivity index (χ4n) is 1.94. The third kappa shape index (κ3) is 6.04. The van der Waals surface area contributed by atoms with Crippen LogP contribution in [0.1, 0.15) is 20.3 Å². The van der Waals surface area contributed by atoms with Gasteiger partial charge in [0.15, 0.2) is 0 Å². The molecule has 21 heavy (non-hydrogen) atoms. The first-order chi connectivity index (χ1) is 10.1. The van der Waals surface area contributed by atoms with E-state index in [-0.39, 0.29) is 12.0 Å². The number of nitrogens with zero attached hydrogens (tertiary/aromatic N) is 1. The van der Waals surface area contributed by atoms with E-state index >= 15 is 0 Å². The van der Waals surface area contributed by atoms with Crippen molar-refractivity contribution < 1.29 is 14.3 Å². The van der Waals surface area contributed by atoms with Gasteiger partial charge in [0.05, 0.1) is 13.2 Å². The Hall–Kier alpha value is -1.75. The molecule has 0 aromatic heterocycles. The lowest BCUT2D eigenvalue weighted by Gasteiger charge is -2.17. The number of benzene rings is 1. The van der Waals surface area contributed by atoms with Crippen molar-refractivity contribution in [2.75, 3.05) is 38.8 Å². The highest BCUT2D eigenvalue weighted by Crippen LogP contribution is 2.19.